The zero-order valence-corrected chi connectivity index (χ0v) is 20.7. The van der Waals surface area contributed by atoms with Gasteiger partial charge >= 0.3 is 0 Å². The van der Waals surface area contributed by atoms with Gasteiger partial charge in [-0.05, 0) is 45.7 Å². The van der Waals surface area contributed by atoms with Crippen molar-refractivity contribution in [2.45, 2.75) is 78.3 Å². The van der Waals surface area contributed by atoms with Gasteiger partial charge in [0.15, 0.2) is 5.96 Å². The number of hydrogen-bond acceptors (Lipinski definition) is 3. The third-order valence-corrected chi connectivity index (χ3v) is 5.69. The molecule has 28 heavy (non-hydrogen) atoms. The summed E-state index contributed by atoms with van der Waals surface area (Å²) < 4.78 is 0. The van der Waals surface area contributed by atoms with Gasteiger partial charge in [0, 0.05) is 37.6 Å². The number of nitrogens with one attached hydrogen (secondary N) is 2. The minimum atomic E-state index is 0. The quantitative estimate of drug-likeness (QED) is 0.301. The number of rotatable bonds is 8. The van der Waals surface area contributed by atoms with Crippen molar-refractivity contribution >= 4 is 35.8 Å². The second kappa shape index (κ2) is 13.6. The first kappa shape index (κ1) is 25.5. The van der Waals surface area contributed by atoms with Crippen molar-refractivity contribution in [2.24, 2.45) is 10.9 Å². The average Bonchev–Trinajstić information content (AvgIpc) is 3.13. The highest BCUT2D eigenvalue weighted by Gasteiger charge is 2.28. The standard InChI is InChI=1S/C21H41N5O.HI/c1-5-7-12-25-13-9-8-10-19(25)15-23-21(22-6-2)24-18-11-14-26(16-18)20(27)17(3)4;/h17-19H,5-16H2,1-4H3,(H2,22,23,24);1H. The molecule has 2 aliphatic heterocycles. The Morgan fingerprint density at radius 3 is 2.64 bits per heavy atom. The molecule has 2 fully saturated rings. The van der Waals surface area contributed by atoms with E-state index < -0.39 is 0 Å². The van der Waals surface area contributed by atoms with Crippen LogP contribution in [-0.4, -0.2) is 73.0 Å². The van der Waals surface area contributed by atoms with Crippen LogP contribution in [0.2, 0.25) is 0 Å². The van der Waals surface area contributed by atoms with Crippen molar-refractivity contribution in [3.63, 3.8) is 0 Å². The molecule has 2 heterocycles. The SMILES string of the molecule is CCCCN1CCCCC1CN=C(NCC)NC1CCN(C(=O)C(C)C)C1.I. The zero-order valence-electron chi connectivity index (χ0n) is 18.4. The van der Waals surface area contributed by atoms with Crippen LogP contribution in [-0.2, 0) is 4.79 Å². The highest BCUT2D eigenvalue weighted by atomic mass is 127. The molecule has 2 unspecified atom stereocenters. The smallest absolute Gasteiger partial charge is 0.225 e. The van der Waals surface area contributed by atoms with Crippen LogP contribution in [0.15, 0.2) is 4.99 Å². The predicted octanol–water partition coefficient (Wildman–Crippen LogP) is 3.07. The summed E-state index contributed by atoms with van der Waals surface area (Å²) in [6.45, 7) is 14.1. The van der Waals surface area contributed by atoms with Gasteiger partial charge in [-0.2, -0.15) is 0 Å². The summed E-state index contributed by atoms with van der Waals surface area (Å²) in [5.41, 5.74) is 0. The van der Waals surface area contributed by atoms with Gasteiger partial charge in [-0.1, -0.05) is 33.6 Å². The fourth-order valence-corrected chi connectivity index (χ4v) is 4.08. The molecule has 2 rings (SSSR count). The van der Waals surface area contributed by atoms with Crippen LogP contribution in [0.3, 0.4) is 0 Å². The molecule has 0 aromatic carbocycles. The molecule has 0 aliphatic carbocycles. The lowest BCUT2D eigenvalue weighted by atomic mass is 10.0. The molecule has 7 heteroatoms. The first-order chi connectivity index (χ1) is 13.0. The van der Waals surface area contributed by atoms with Crippen LogP contribution in [0.1, 0.15) is 66.2 Å². The van der Waals surface area contributed by atoms with Gasteiger partial charge in [0.2, 0.25) is 5.91 Å². The van der Waals surface area contributed by atoms with E-state index in [0.717, 1.165) is 38.6 Å². The number of halogens is 1. The zero-order chi connectivity index (χ0) is 19.6. The Morgan fingerprint density at radius 2 is 1.96 bits per heavy atom. The molecule has 2 saturated heterocycles. The fraction of sp³-hybridized carbons (Fsp3) is 0.905. The van der Waals surface area contributed by atoms with Gasteiger partial charge < -0.3 is 15.5 Å². The molecular weight excluding hydrogens is 465 g/mol. The normalized spacial score (nSPS) is 23.6. The summed E-state index contributed by atoms with van der Waals surface area (Å²) >= 11 is 0. The van der Waals surface area contributed by atoms with E-state index in [-0.39, 0.29) is 35.8 Å². The average molecular weight is 508 g/mol. The van der Waals surface area contributed by atoms with Crippen LogP contribution < -0.4 is 10.6 Å². The van der Waals surface area contributed by atoms with E-state index >= 15 is 0 Å². The minimum Gasteiger partial charge on any atom is -0.357 e. The Bertz CT molecular complexity index is 485. The van der Waals surface area contributed by atoms with E-state index in [1.807, 2.05) is 18.7 Å². The van der Waals surface area contributed by atoms with Gasteiger partial charge in [-0.3, -0.25) is 14.7 Å². The first-order valence-corrected chi connectivity index (χ1v) is 11.1. The van der Waals surface area contributed by atoms with Gasteiger partial charge in [-0.25, -0.2) is 0 Å². The second-order valence-corrected chi connectivity index (χ2v) is 8.33. The van der Waals surface area contributed by atoms with Crippen molar-refractivity contribution in [3.8, 4) is 0 Å². The summed E-state index contributed by atoms with van der Waals surface area (Å²) in [6.07, 6.45) is 7.43. The molecule has 164 valence electrons. The molecule has 1 amide bonds. The number of likely N-dealkylation sites (tertiary alicyclic amines) is 2. The van der Waals surface area contributed by atoms with Crippen molar-refractivity contribution in [1.29, 1.82) is 0 Å². The fourth-order valence-electron chi connectivity index (χ4n) is 4.08. The largest absolute Gasteiger partial charge is 0.357 e. The molecule has 2 N–H and O–H groups in total. The number of hydrogen-bond donors (Lipinski definition) is 2. The van der Waals surface area contributed by atoms with E-state index in [4.69, 9.17) is 4.99 Å². The van der Waals surface area contributed by atoms with Crippen molar-refractivity contribution in [2.75, 3.05) is 39.3 Å². The number of carbonyl (C=O) groups is 1. The van der Waals surface area contributed by atoms with E-state index in [1.54, 1.807) is 0 Å². The topological polar surface area (TPSA) is 60.0 Å². The highest BCUT2D eigenvalue weighted by Crippen LogP contribution is 2.18. The monoisotopic (exact) mass is 507 g/mol. The molecule has 0 radical (unpaired) electrons. The van der Waals surface area contributed by atoms with Gasteiger partial charge in [0.05, 0.1) is 6.54 Å². The second-order valence-electron chi connectivity index (χ2n) is 8.33. The van der Waals surface area contributed by atoms with Crippen molar-refractivity contribution in [3.05, 3.63) is 0 Å². The van der Waals surface area contributed by atoms with Crippen LogP contribution in [0.5, 0.6) is 0 Å². The van der Waals surface area contributed by atoms with Crippen LogP contribution in [0, 0.1) is 5.92 Å². The molecule has 0 aromatic rings. The Balaban J connectivity index is 0.00000392. The number of unbranched alkanes of at least 4 members (excludes halogenated alkanes) is 1. The van der Waals surface area contributed by atoms with Crippen LogP contribution in [0.4, 0.5) is 0 Å². The first-order valence-electron chi connectivity index (χ1n) is 11.1. The van der Waals surface area contributed by atoms with Gasteiger partial charge in [-0.15, -0.1) is 24.0 Å². The number of carbonyl (C=O) groups excluding carboxylic acids is 1. The third-order valence-electron chi connectivity index (χ3n) is 5.69. The molecule has 0 saturated carbocycles. The molecular formula is C21H42IN5O. The lowest BCUT2D eigenvalue weighted by Gasteiger charge is -2.35. The predicted molar refractivity (Wildman–Crippen MR) is 128 cm³/mol. The number of aliphatic imine (C=N–C) groups is 1. The summed E-state index contributed by atoms with van der Waals surface area (Å²) in [5.74, 6) is 1.24. The van der Waals surface area contributed by atoms with E-state index in [9.17, 15) is 4.79 Å². The van der Waals surface area contributed by atoms with Crippen LogP contribution >= 0.6 is 24.0 Å². The molecule has 0 bridgehead atoms. The summed E-state index contributed by atoms with van der Waals surface area (Å²) in [4.78, 5) is 21.7. The summed E-state index contributed by atoms with van der Waals surface area (Å²) in [7, 11) is 0. The number of piperidine rings is 1. The van der Waals surface area contributed by atoms with Crippen molar-refractivity contribution in [1.82, 2.24) is 20.4 Å². The number of nitrogens with zero attached hydrogens (tertiary/aromatic N) is 3. The molecule has 0 aromatic heterocycles. The van der Waals surface area contributed by atoms with Crippen molar-refractivity contribution < 1.29 is 4.79 Å². The third kappa shape index (κ3) is 8.05. The van der Waals surface area contributed by atoms with E-state index in [2.05, 4.69) is 29.4 Å². The van der Waals surface area contributed by atoms with Gasteiger partial charge in [0.1, 0.15) is 0 Å². The lowest BCUT2D eigenvalue weighted by Crippen LogP contribution is -2.47. The van der Waals surface area contributed by atoms with E-state index in [0.29, 0.717) is 12.1 Å². The molecule has 6 nitrogen and oxygen atoms in total. The highest BCUT2D eigenvalue weighted by molar-refractivity contribution is 14.0. The molecule has 2 aliphatic rings. The maximum Gasteiger partial charge on any atom is 0.225 e. The maximum absolute atomic E-state index is 12.2. The Hall–Kier alpha value is -0.570. The maximum atomic E-state index is 12.2. The Kier molecular flexibility index (Phi) is 12.4. The van der Waals surface area contributed by atoms with Crippen LogP contribution in [0.25, 0.3) is 0 Å². The molecule has 2 atom stereocenters. The Labute approximate surface area is 189 Å². The Morgan fingerprint density at radius 1 is 1.18 bits per heavy atom. The number of guanidine groups is 1. The van der Waals surface area contributed by atoms with E-state index in [1.165, 1.54) is 45.2 Å². The number of amides is 1. The minimum absolute atomic E-state index is 0. The lowest BCUT2D eigenvalue weighted by molar-refractivity contribution is -0.133. The summed E-state index contributed by atoms with van der Waals surface area (Å²) in [5, 5.41) is 6.96. The summed E-state index contributed by atoms with van der Waals surface area (Å²) in [6, 6.07) is 0.872. The molecule has 0 spiro atoms. The van der Waals surface area contributed by atoms with Gasteiger partial charge in [0.25, 0.3) is 0 Å².